The molecule has 0 saturated heterocycles. The van der Waals surface area contributed by atoms with Crippen LogP contribution in [0, 0.1) is 19.7 Å². The van der Waals surface area contributed by atoms with Crippen LogP contribution in [0.5, 0.6) is 0 Å². The highest BCUT2D eigenvalue weighted by Gasteiger charge is 2.29. The third-order valence-corrected chi connectivity index (χ3v) is 4.52. The summed E-state index contributed by atoms with van der Waals surface area (Å²) in [7, 11) is 0. The van der Waals surface area contributed by atoms with Crippen molar-refractivity contribution in [2.45, 2.75) is 45.6 Å². The molecule has 1 saturated carbocycles. The van der Waals surface area contributed by atoms with Gasteiger partial charge in [0.05, 0.1) is 11.7 Å². The molecule has 6 nitrogen and oxygen atoms in total. The number of nitrogens with zero attached hydrogens (tertiary/aromatic N) is 4. The van der Waals surface area contributed by atoms with Crippen molar-refractivity contribution in [3.63, 3.8) is 0 Å². The highest BCUT2D eigenvalue weighted by atomic mass is 19.1. The van der Waals surface area contributed by atoms with E-state index in [4.69, 9.17) is 4.52 Å². The average Bonchev–Trinajstić information content (AvgIpc) is 3.36. The Bertz CT molecular complexity index is 934. The van der Waals surface area contributed by atoms with Crippen LogP contribution in [0.4, 0.5) is 10.2 Å². The second-order valence-electron chi connectivity index (χ2n) is 6.74. The fourth-order valence-electron chi connectivity index (χ4n) is 2.86. The molecule has 2 heterocycles. The summed E-state index contributed by atoms with van der Waals surface area (Å²) < 4.78 is 19.5. The Balaban J connectivity index is 1.50. The van der Waals surface area contributed by atoms with Crippen LogP contribution in [-0.2, 0) is 0 Å². The molecular formula is C19H20FN5O. The SMILES string of the molecule is Cc1nc(C)c(F)c(N[C@@H](C)c2ccc(-c3nc(C4CC4)no3)cc2)n1. The summed E-state index contributed by atoms with van der Waals surface area (Å²) in [6.07, 6.45) is 2.28. The number of nitrogens with one attached hydrogen (secondary N) is 1. The lowest BCUT2D eigenvalue weighted by Gasteiger charge is -2.16. The fourth-order valence-corrected chi connectivity index (χ4v) is 2.86. The van der Waals surface area contributed by atoms with Gasteiger partial charge in [-0.3, -0.25) is 0 Å². The summed E-state index contributed by atoms with van der Waals surface area (Å²) >= 11 is 0. The van der Waals surface area contributed by atoms with E-state index in [1.54, 1.807) is 13.8 Å². The minimum Gasteiger partial charge on any atom is -0.361 e. The minimum absolute atomic E-state index is 0.114. The zero-order chi connectivity index (χ0) is 18.3. The molecular weight excluding hydrogens is 333 g/mol. The summed E-state index contributed by atoms with van der Waals surface area (Å²) in [6, 6.07) is 7.69. The van der Waals surface area contributed by atoms with Gasteiger partial charge in [0.25, 0.3) is 5.89 Å². The monoisotopic (exact) mass is 353 g/mol. The minimum atomic E-state index is -0.419. The molecule has 0 spiro atoms. The van der Waals surface area contributed by atoms with Crippen LogP contribution in [0.2, 0.25) is 0 Å². The molecule has 134 valence electrons. The van der Waals surface area contributed by atoms with Crippen molar-refractivity contribution in [1.29, 1.82) is 0 Å². The van der Waals surface area contributed by atoms with Gasteiger partial charge in [0.2, 0.25) is 0 Å². The number of hydrogen-bond acceptors (Lipinski definition) is 6. The molecule has 26 heavy (non-hydrogen) atoms. The van der Waals surface area contributed by atoms with Gasteiger partial charge in [0.15, 0.2) is 17.5 Å². The standard InChI is InChI=1S/C19H20FN5O/c1-10(22-18-16(20)11(2)21-12(3)23-18)13-4-8-15(9-5-13)19-24-17(25-26-19)14-6-7-14/h4-5,8-10,14H,6-7H2,1-3H3,(H,21,22,23)/t10-/m0/s1. The van der Waals surface area contributed by atoms with Gasteiger partial charge in [-0.05, 0) is 51.3 Å². The summed E-state index contributed by atoms with van der Waals surface area (Å²) in [5.41, 5.74) is 2.22. The Labute approximate surface area is 150 Å². The maximum atomic E-state index is 14.2. The molecule has 1 aromatic carbocycles. The molecule has 0 radical (unpaired) electrons. The number of benzene rings is 1. The first kappa shape index (κ1) is 16.6. The molecule has 1 atom stereocenters. The van der Waals surface area contributed by atoms with Crippen molar-refractivity contribution in [3.05, 3.63) is 53.0 Å². The van der Waals surface area contributed by atoms with Gasteiger partial charge >= 0.3 is 0 Å². The van der Waals surface area contributed by atoms with Gasteiger partial charge in [0, 0.05) is 11.5 Å². The second-order valence-corrected chi connectivity index (χ2v) is 6.74. The molecule has 1 fully saturated rings. The van der Waals surface area contributed by atoms with Crippen LogP contribution in [0.3, 0.4) is 0 Å². The zero-order valence-electron chi connectivity index (χ0n) is 15.0. The van der Waals surface area contributed by atoms with E-state index in [1.807, 2.05) is 31.2 Å². The number of aromatic nitrogens is 4. The number of hydrogen-bond donors (Lipinski definition) is 1. The highest BCUT2D eigenvalue weighted by Crippen LogP contribution is 2.38. The maximum absolute atomic E-state index is 14.2. The lowest BCUT2D eigenvalue weighted by Crippen LogP contribution is -2.11. The van der Waals surface area contributed by atoms with Gasteiger partial charge in [-0.1, -0.05) is 17.3 Å². The predicted molar refractivity (Wildman–Crippen MR) is 95.2 cm³/mol. The lowest BCUT2D eigenvalue weighted by atomic mass is 10.1. The van der Waals surface area contributed by atoms with Gasteiger partial charge in [0.1, 0.15) is 5.82 Å². The summed E-state index contributed by atoms with van der Waals surface area (Å²) in [5.74, 6) is 2.13. The molecule has 0 amide bonds. The Morgan fingerprint density at radius 1 is 1.12 bits per heavy atom. The van der Waals surface area contributed by atoms with E-state index in [-0.39, 0.29) is 11.9 Å². The molecule has 1 aliphatic carbocycles. The lowest BCUT2D eigenvalue weighted by molar-refractivity contribution is 0.422. The molecule has 3 aromatic rings. The van der Waals surface area contributed by atoms with E-state index >= 15 is 0 Å². The van der Waals surface area contributed by atoms with E-state index in [2.05, 4.69) is 25.4 Å². The van der Waals surface area contributed by atoms with E-state index in [9.17, 15) is 4.39 Å². The molecule has 0 bridgehead atoms. The third-order valence-electron chi connectivity index (χ3n) is 4.52. The number of rotatable bonds is 5. The van der Waals surface area contributed by atoms with E-state index < -0.39 is 5.82 Å². The largest absolute Gasteiger partial charge is 0.361 e. The van der Waals surface area contributed by atoms with Crippen molar-refractivity contribution in [1.82, 2.24) is 20.1 Å². The molecule has 0 aliphatic heterocycles. The van der Waals surface area contributed by atoms with Crippen molar-refractivity contribution in [2.24, 2.45) is 0 Å². The Morgan fingerprint density at radius 2 is 1.85 bits per heavy atom. The van der Waals surface area contributed by atoms with Crippen molar-refractivity contribution in [2.75, 3.05) is 5.32 Å². The van der Waals surface area contributed by atoms with E-state index in [1.165, 1.54) is 0 Å². The molecule has 4 rings (SSSR count). The highest BCUT2D eigenvalue weighted by molar-refractivity contribution is 5.54. The smallest absolute Gasteiger partial charge is 0.257 e. The van der Waals surface area contributed by atoms with Crippen molar-refractivity contribution >= 4 is 5.82 Å². The van der Waals surface area contributed by atoms with Gasteiger partial charge < -0.3 is 9.84 Å². The summed E-state index contributed by atoms with van der Waals surface area (Å²) in [5, 5.41) is 7.16. The van der Waals surface area contributed by atoms with Crippen molar-refractivity contribution < 1.29 is 8.91 Å². The Hall–Kier alpha value is -2.83. The fraction of sp³-hybridized carbons (Fsp3) is 0.368. The zero-order valence-corrected chi connectivity index (χ0v) is 15.0. The quantitative estimate of drug-likeness (QED) is 0.735. The number of halogens is 1. The van der Waals surface area contributed by atoms with Crippen LogP contribution in [-0.4, -0.2) is 20.1 Å². The molecule has 2 aromatic heterocycles. The molecule has 0 unspecified atom stereocenters. The van der Waals surface area contributed by atoms with Crippen LogP contribution < -0.4 is 5.32 Å². The first-order valence-corrected chi connectivity index (χ1v) is 8.72. The summed E-state index contributed by atoms with van der Waals surface area (Å²) in [6.45, 7) is 5.34. The van der Waals surface area contributed by atoms with Crippen LogP contribution >= 0.6 is 0 Å². The predicted octanol–water partition coefficient (Wildman–Crippen LogP) is 4.33. The van der Waals surface area contributed by atoms with Crippen LogP contribution in [0.1, 0.15) is 54.6 Å². The first-order chi connectivity index (χ1) is 12.5. The van der Waals surface area contributed by atoms with Crippen molar-refractivity contribution in [3.8, 4) is 11.5 Å². The van der Waals surface area contributed by atoms with Gasteiger partial charge in [-0.15, -0.1) is 0 Å². The third kappa shape index (κ3) is 3.29. The maximum Gasteiger partial charge on any atom is 0.257 e. The first-order valence-electron chi connectivity index (χ1n) is 8.72. The van der Waals surface area contributed by atoms with E-state index in [0.717, 1.165) is 29.8 Å². The van der Waals surface area contributed by atoms with Crippen LogP contribution in [0.25, 0.3) is 11.5 Å². The topological polar surface area (TPSA) is 76.7 Å². The normalized spacial score (nSPS) is 15.1. The van der Waals surface area contributed by atoms with Crippen LogP contribution in [0.15, 0.2) is 28.8 Å². The number of aryl methyl sites for hydroxylation is 2. The second kappa shape index (κ2) is 6.48. The Kier molecular flexibility index (Phi) is 4.14. The van der Waals surface area contributed by atoms with Gasteiger partial charge in [-0.25, -0.2) is 14.4 Å². The Morgan fingerprint density at radius 3 is 2.54 bits per heavy atom. The number of anilines is 1. The average molecular weight is 353 g/mol. The van der Waals surface area contributed by atoms with Gasteiger partial charge in [-0.2, -0.15) is 4.98 Å². The molecule has 1 N–H and O–H groups in total. The van der Waals surface area contributed by atoms with E-state index in [0.29, 0.717) is 23.3 Å². The molecule has 1 aliphatic rings. The summed E-state index contributed by atoms with van der Waals surface area (Å²) in [4.78, 5) is 12.6. The molecule has 7 heteroatoms.